The Morgan fingerprint density at radius 1 is 1.10 bits per heavy atom. The lowest BCUT2D eigenvalue weighted by molar-refractivity contribution is 0.0953. The molecule has 1 amide bonds. The van der Waals surface area contributed by atoms with E-state index < -0.39 is 0 Å². The van der Waals surface area contributed by atoms with Crippen LogP contribution in [0.4, 0.5) is 0 Å². The summed E-state index contributed by atoms with van der Waals surface area (Å²) in [5, 5.41) is 3.49. The molecule has 3 rings (SSSR count). The maximum atomic E-state index is 12.6. The number of ether oxygens (including phenoxy) is 1. The fourth-order valence-corrected chi connectivity index (χ4v) is 3.31. The van der Waals surface area contributed by atoms with Crippen molar-refractivity contribution in [2.24, 2.45) is 0 Å². The van der Waals surface area contributed by atoms with E-state index in [4.69, 9.17) is 16.3 Å². The van der Waals surface area contributed by atoms with Crippen LogP contribution < -0.4 is 15.6 Å². The Morgan fingerprint density at radius 3 is 2.66 bits per heavy atom. The number of benzene rings is 2. The molecular formula is C23H23ClN2O3. The van der Waals surface area contributed by atoms with Crippen LogP contribution in [-0.4, -0.2) is 24.1 Å². The third-order valence-corrected chi connectivity index (χ3v) is 5.03. The maximum Gasteiger partial charge on any atom is 0.252 e. The van der Waals surface area contributed by atoms with Crippen LogP contribution in [0.5, 0.6) is 5.75 Å². The molecule has 0 spiro atoms. The summed E-state index contributed by atoms with van der Waals surface area (Å²) in [5.74, 6) is 0.572. The zero-order valence-electron chi connectivity index (χ0n) is 16.4. The first-order valence-corrected chi connectivity index (χ1v) is 9.71. The lowest BCUT2D eigenvalue weighted by Gasteiger charge is -2.12. The van der Waals surface area contributed by atoms with Crippen LogP contribution in [0.15, 0.2) is 65.6 Å². The van der Waals surface area contributed by atoms with Crippen LogP contribution in [-0.2, 0) is 13.0 Å². The Bertz CT molecular complexity index is 1080. The van der Waals surface area contributed by atoms with E-state index >= 15 is 0 Å². The molecule has 1 aromatic heterocycles. The van der Waals surface area contributed by atoms with Crippen molar-refractivity contribution in [1.29, 1.82) is 0 Å². The van der Waals surface area contributed by atoms with Crippen molar-refractivity contribution in [2.45, 2.75) is 19.9 Å². The second-order valence-electron chi connectivity index (χ2n) is 6.80. The van der Waals surface area contributed by atoms with Gasteiger partial charge in [-0.15, -0.1) is 0 Å². The number of methoxy groups -OCH3 is 1. The van der Waals surface area contributed by atoms with Gasteiger partial charge in [0.25, 0.3) is 11.5 Å². The average molecular weight is 411 g/mol. The Kier molecular flexibility index (Phi) is 6.73. The topological polar surface area (TPSA) is 60.3 Å². The summed E-state index contributed by atoms with van der Waals surface area (Å²) in [4.78, 5) is 24.7. The number of aromatic nitrogens is 1. The van der Waals surface area contributed by atoms with E-state index in [1.807, 2.05) is 37.3 Å². The highest BCUT2D eigenvalue weighted by atomic mass is 35.5. The zero-order valence-corrected chi connectivity index (χ0v) is 17.2. The van der Waals surface area contributed by atoms with Gasteiger partial charge in [-0.1, -0.05) is 47.5 Å². The summed E-state index contributed by atoms with van der Waals surface area (Å²) in [5.41, 5.74) is 3.23. The van der Waals surface area contributed by atoms with E-state index in [0.717, 1.165) is 22.4 Å². The molecule has 0 atom stereocenters. The van der Waals surface area contributed by atoms with Crippen molar-refractivity contribution in [3.05, 3.63) is 98.4 Å². The molecular weight excluding hydrogens is 388 g/mol. The largest absolute Gasteiger partial charge is 0.496 e. The summed E-state index contributed by atoms with van der Waals surface area (Å²) < 4.78 is 6.86. The van der Waals surface area contributed by atoms with E-state index in [2.05, 4.69) is 11.4 Å². The van der Waals surface area contributed by atoms with Gasteiger partial charge in [-0.05, 0) is 42.7 Å². The minimum Gasteiger partial charge on any atom is -0.496 e. The number of nitrogens with zero attached hydrogens (tertiary/aromatic N) is 1. The van der Waals surface area contributed by atoms with Crippen molar-refractivity contribution in [1.82, 2.24) is 9.88 Å². The van der Waals surface area contributed by atoms with E-state index in [0.29, 0.717) is 30.1 Å². The molecule has 0 saturated carbocycles. The van der Waals surface area contributed by atoms with Gasteiger partial charge < -0.3 is 14.6 Å². The van der Waals surface area contributed by atoms with Gasteiger partial charge >= 0.3 is 0 Å². The molecule has 150 valence electrons. The number of rotatable bonds is 7. The van der Waals surface area contributed by atoms with Crippen LogP contribution in [0, 0.1) is 6.92 Å². The number of carbonyl (C=O) groups is 1. The van der Waals surface area contributed by atoms with E-state index in [1.54, 1.807) is 19.4 Å². The molecule has 6 heteroatoms. The first-order chi connectivity index (χ1) is 14.0. The van der Waals surface area contributed by atoms with Crippen LogP contribution in [0.1, 0.15) is 27.0 Å². The number of amides is 1. The number of aryl methyl sites for hydroxylation is 1. The number of hydrogen-bond donors (Lipinski definition) is 1. The molecule has 1 N–H and O–H groups in total. The molecule has 5 nitrogen and oxygen atoms in total. The monoisotopic (exact) mass is 410 g/mol. The lowest BCUT2D eigenvalue weighted by atomic mass is 10.1. The van der Waals surface area contributed by atoms with Crippen LogP contribution in [0.25, 0.3) is 0 Å². The SMILES string of the molecule is COc1ccc(C)cc1CCNC(=O)c1ccc(=O)n(Cc2ccccc2Cl)c1. The standard InChI is InChI=1S/C23H23ClN2O3/c1-16-7-9-21(29-2)17(13-16)11-12-25-23(28)19-8-10-22(27)26(15-19)14-18-5-3-4-6-20(18)24/h3-10,13,15H,11-12,14H2,1-2H3,(H,25,28). The molecule has 0 bridgehead atoms. The van der Waals surface area contributed by atoms with Gasteiger partial charge in [0.2, 0.25) is 0 Å². The number of nitrogens with one attached hydrogen (secondary N) is 1. The Hall–Kier alpha value is -3.05. The summed E-state index contributed by atoms with van der Waals surface area (Å²) in [6.45, 7) is 2.78. The van der Waals surface area contributed by atoms with E-state index in [9.17, 15) is 9.59 Å². The molecule has 2 aromatic carbocycles. The number of halogens is 1. The third-order valence-electron chi connectivity index (χ3n) is 4.66. The lowest BCUT2D eigenvalue weighted by Crippen LogP contribution is -2.28. The first kappa shape index (κ1) is 20.7. The fraction of sp³-hybridized carbons (Fsp3) is 0.217. The summed E-state index contributed by atoms with van der Waals surface area (Å²) >= 11 is 6.19. The second-order valence-corrected chi connectivity index (χ2v) is 7.20. The Balaban J connectivity index is 1.68. The van der Waals surface area contributed by atoms with Gasteiger partial charge in [0.1, 0.15) is 5.75 Å². The minimum atomic E-state index is -0.232. The van der Waals surface area contributed by atoms with Crippen molar-refractivity contribution in [3.8, 4) is 5.75 Å². The highest BCUT2D eigenvalue weighted by Crippen LogP contribution is 2.20. The normalized spacial score (nSPS) is 10.6. The van der Waals surface area contributed by atoms with E-state index in [1.165, 1.54) is 16.7 Å². The number of pyridine rings is 1. The van der Waals surface area contributed by atoms with Gasteiger partial charge in [0, 0.05) is 23.8 Å². The highest BCUT2D eigenvalue weighted by Gasteiger charge is 2.10. The van der Waals surface area contributed by atoms with Crippen molar-refractivity contribution in [2.75, 3.05) is 13.7 Å². The molecule has 3 aromatic rings. The molecule has 0 aliphatic rings. The van der Waals surface area contributed by atoms with Crippen LogP contribution >= 0.6 is 11.6 Å². The molecule has 0 unspecified atom stereocenters. The molecule has 0 fully saturated rings. The predicted molar refractivity (Wildman–Crippen MR) is 115 cm³/mol. The molecule has 0 saturated heterocycles. The average Bonchev–Trinajstić information content (AvgIpc) is 2.71. The smallest absolute Gasteiger partial charge is 0.252 e. The fourth-order valence-electron chi connectivity index (χ4n) is 3.11. The molecule has 29 heavy (non-hydrogen) atoms. The summed E-state index contributed by atoms with van der Waals surface area (Å²) in [6.07, 6.45) is 2.21. The molecule has 0 aliphatic heterocycles. The number of hydrogen-bond acceptors (Lipinski definition) is 3. The van der Waals surface area contributed by atoms with Crippen LogP contribution in [0.3, 0.4) is 0 Å². The minimum absolute atomic E-state index is 0.189. The van der Waals surface area contributed by atoms with Gasteiger partial charge in [0.05, 0.1) is 19.2 Å². The van der Waals surface area contributed by atoms with Gasteiger partial charge in [-0.2, -0.15) is 0 Å². The summed E-state index contributed by atoms with van der Waals surface area (Å²) in [6, 6.07) is 16.2. The molecule has 0 radical (unpaired) electrons. The quantitative estimate of drug-likeness (QED) is 0.643. The van der Waals surface area contributed by atoms with Crippen molar-refractivity contribution in [3.63, 3.8) is 0 Å². The molecule has 0 aliphatic carbocycles. The van der Waals surface area contributed by atoms with Crippen molar-refractivity contribution >= 4 is 17.5 Å². The third kappa shape index (κ3) is 5.27. The van der Waals surface area contributed by atoms with Gasteiger partial charge in [0.15, 0.2) is 0 Å². The first-order valence-electron chi connectivity index (χ1n) is 9.33. The second kappa shape index (κ2) is 9.43. The van der Waals surface area contributed by atoms with E-state index in [-0.39, 0.29) is 11.5 Å². The zero-order chi connectivity index (χ0) is 20.8. The van der Waals surface area contributed by atoms with Crippen LogP contribution in [0.2, 0.25) is 5.02 Å². The maximum absolute atomic E-state index is 12.6. The number of carbonyl (C=O) groups excluding carboxylic acids is 1. The molecule has 1 heterocycles. The highest BCUT2D eigenvalue weighted by molar-refractivity contribution is 6.31. The van der Waals surface area contributed by atoms with Gasteiger partial charge in [-0.25, -0.2) is 0 Å². The summed E-state index contributed by atoms with van der Waals surface area (Å²) in [7, 11) is 1.63. The Labute approximate surface area is 174 Å². The van der Waals surface area contributed by atoms with Gasteiger partial charge in [-0.3, -0.25) is 9.59 Å². The Morgan fingerprint density at radius 2 is 1.90 bits per heavy atom. The predicted octanol–water partition coefficient (Wildman–Crippen LogP) is 3.84. The van der Waals surface area contributed by atoms with Crippen molar-refractivity contribution < 1.29 is 9.53 Å².